The van der Waals surface area contributed by atoms with E-state index in [1.54, 1.807) is 26.4 Å². The number of benzene rings is 2. The second-order valence-corrected chi connectivity index (χ2v) is 10.8. The summed E-state index contributed by atoms with van der Waals surface area (Å²) in [7, 11) is -0.987. The molecular weight excluding hydrogens is 489 g/mol. The minimum atomic E-state index is -4.73. The molecule has 1 aromatic heterocycles. The molecule has 0 spiro atoms. The zero-order valence-electron chi connectivity index (χ0n) is 18.5. The maximum Gasteiger partial charge on any atom is 0.417 e. The van der Waals surface area contributed by atoms with Crippen molar-refractivity contribution in [3.05, 3.63) is 53.4 Å². The quantitative estimate of drug-likeness (QED) is 0.447. The van der Waals surface area contributed by atoms with E-state index in [1.165, 1.54) is 23.5 Å². The number of piperidine rings is 1. The number of sulfone groups is 1. The summed E-state index contributed by atoms with van der Waals surface area (Å²) in [5, 5.41) is 1.71. The summed E-state index contributed by atoms with van der Waals surface area (Å²) >= 11 is 1.41. The Morgan fingerprint density at radius 2 is 1.76 bits per heavy atom. The summed E-state index contributed by atoms with van der Waals surface area (Å²) in [5.41, 5.74) is 0.351. The van der Waals surface area contributed by atoms with Crippen LogP contribution < -0.4 is 14.4 Å². The maximum atomic E-state index is 13.4. The molecule has 0 N–H and O–H groups in total. The van der Waals surface area contributed by atoms with Crippen LogP contribution in [0.1, 0.15) is 18.4 Å². The molecular formula is C23H23F3N2O4S2. The number of halogens is 3. The van der Waals surface area contributed by atoms with Crippen LogP contribution in [-0.2, 0) is 16.0 Å². The van der Waals surface area contributed by atoms with Gasteiger partial charge in [0.25, 0.3) is 0 Å². The number of thiazole rings is 1. The number of nitrogens with zero attached hydrogens (tertiary/aromatic N) is 2. The van der Waals surface area contributed by atoms with Crippen molar-refractivity contribution >= 4 is 26.3 Å². The number of ether oxygens (including phenoxy) is 2. The zero-order chi connectivity index (χ0) is 24.5. The van der Waals surface area contributed by atoms with Crippen LogP contribution in [0.3, 0.4) is 0 Å². The second kappa shape index (κ2) is 9.46. The number of hydrogen-bond acceptors (Lipinski definition) is 7. The van der Waals surface area contributed by atoms with Gasteiger partial charge >= 0.3 is 6.18 Å². The molecule has 2 aromatic carbocycles. The van der Waals surface area contributed by atoms with Gasteiger partial charge in [0.2, 0.25) is 0 Å². The lowest BCUT2D eigenvalue weighted by Gasteiger charge is -2.31. The summed E-state index contributed by atoms with van der Waals surface area (Å²) in [6, 6.07) is 9.78. The number of hydrogen-bond donors (Lipinski definition) is 0. The number of aromatic nitrogens is 1. The van der Waals surface area contributed by atoms with Crippen molar-refractivity contribution in [3.63, 3.8) is 0 Å². The SMILES string of the molecule is COc1ccc(OC)c(-c2csc(N3CCC(S(=O)(=O)c4ccccc4C(F)(F)F)CC3)n2)c1. The molecule has 0 saturated carbocycles. The molecule has 1 aliphatic rings. The highest BCUT2D eigenvalue weighted by atomic mass is 32.2. The van der Waals surface area contributed by atoms with Crippen LogP contribution >= 0.6 is 11.3 Å². The van der Waals surface area contributed by atoms with Gasteiger partial charge in [0.1, 0.15) is 11.5 Å². The minimum Gasteiger partial charge on any atom is -0.497 e. The van der Waals surface area contributed by atoms with Crippen molar-refractivity contribution in [1.29, 1.82) is 0 Å². The van der Waals surface area contributed by atoms with Crippen molar-refractivity contribution < 1.29 is 31.1 Å². The molecule has 11 heteroatoms. The highest BCUT2D eigenvalue weighted by molar-refractivity contribution is 7.92. The summed E-state index contributed by atoms with van der Waals surface area (Å²) in [5.74, 6) is 1.31. The average molecular weight is 513 g/mol. The summed E-state index contributed by atoms with van der Waals surface area (Å²) in [6.45, 7) is 0.751. The van der Waals surface area contributed by atoms with E-state index in [2.05, 4.69) is 0 Å². The molecule has 3 aromatic rings. The highest BCUT2D eigenvalue weighted by Gasteiger charge is 2.40. The molecule has 4 rings (SSSR count). The molecule has 0 unspecified atom stereocenters. The van der Waals surface area contributed by atoms with Crippen molar-refractivity contribution in [2.45, 2.75) is 29.2 Å². The fourth-order valence-corrected chi connectivity index (χ4v) is 6.86. The Bertz CT molecular complexity index is 1270. The van der Waals surface area contributed by atoms with E-state index in [-0.39, 0.29) is 12.8 Å². The van der Waals surface area contributed by atoms with E-state index in [0.717, 1.165) is 17.7 Å². The molecule has 34 heavy (non-hydrogen) atoms. The van der Waals surface area contributed by atoms with E-state index in [1.807, 2.05) is 16.3 Å². The Morgan fingerprint density at radius 1 is 1.06 bits per heavy atom. The van der Waals surface area contributed by atoms with Crippen LogP contribution in [0.5, 0.6) is 11.5 Å². The summed E-state index contributed by atoms with van der Waals surface area (Å²) in [6.07, 6.45) is -4.30. The molecule has 0 radical (unpaired) electrons. The lowest BCUT2D eigenvalue weighted by atomic mass is 10.1. The van der Waals surface area contributed by atoms with Gasteiger partial charge in [-0.2, -0.15) is 13.2 Å². The van der Waals surface area contributed by atoms with Crippen molar-refractivity contribution in [1.82, 2.24) is 4.98 Å². The standard InChI is InChI=1S/C23H23F3N2O4S2/c1-31-15-7-8-20(32-2)17(13-15)19-14-33-22(27-19)28-11-9-16(10-12-28)34(29,30)21-6-4-3-5-18(21)23(24,25)26/h3-8,13-14,16H,9-12H2,1-2H3. The van der Waals surface area contributed by atoms with Gasteiger partial charge in [0.05, 0.1) is 35.6 Å². The lowest BCUT2D eigenvalue weighted by molar-refractivity contribution is -0.139. The van der Waals surface area contributed by atoms with Gasteiger partial charge in [-0.05, 0) is 43.2 Å². The first-order valence-corrected chi connectivity index (χ1v) is 12.9. The second-order valence-electron chi connectivity index (χ2n) is 7.81. The predicted octanol–water partition coefficient (Wildman–Crippen LogP) is 5.29. The number of methoxy groups -OCH3 is 2. The van der Waals surface area contributed by atoms with Crippen LogP contribution in [0.2, 0.25) is 0 Å². The molecule has 0 atom stereocenters. The third-order valence-corrected chi connectivity index (χ3v) is 9.04. The van der Waals surface area contributed by atoms with E-state index in [9.17, 15) is 21.6 Å². The largest absolute Gasteiger partial charge is 0.497 e. The van der Waals surface area contributed by atoms with E-state index in [0.29, 0.717) is 35.4 Å². The van der Waals surface area contributed by atoms with Crippen molar-refractivity contribution in [3.8, 4) is 22.8 Å². The Kier molecular flexibility index (Phi) is 6.77. The molecule has 182 valence electrons. The van der Waals surface area contributed by atoms with Crippen LogP contribution in [0, 0.1) is 0 Å². The van der Waals surface area contributed by atoms with Gasteiger partial charge < -0.3 is 14.4 Å². The van der Waals surface area contributed by atoms with Crippen molar-refractivity contribution in [2.24, 2.45) is 0 Å². The topological polar surface area (TPSA) is 68.7 Å². The van der Waals surface area contributed by atoms with Crippen LogP contribution in [0.25, 0.3) is 11.3 Å². The molecule has 0 aliphatic carbocycles. The molecule has 2 heterocycles. The van der Waals surface area contributed by atoms with Gasteiger partial charge in [-0.25, -0.2) is 13.4 Å². The van der Waals surface area contributed by atoms with E-state index < -0.39 is 31.7 Å². The monoisotopic (exact) mass is 512 g/mol. The van der Waals surface area contributed by atoms with Crippen molar-refractivity contribution in [2.75, 3.05) is 32.2 Å². The molecule has 0 bridgehead atoms. The third kappa shape index (κ3) is 4.72. The van der Waals surface area contributed by atoms with Gasteiger partial charge in [-0.15, -0.1) is 11.3 Å². The smallest absolute Gasteiger partial charge is 0.417 e. The fourth-order valence-electron chi connectivity index (χ4n) is 4.03. The Labute approximate surface area is 199 Å². The van der Waals surface area contributed by atoms with E-state index >= 15 is 0 Å². The highest BCUT2D eigenvalue weighted by Crippen LogP contribution is 2.39. The van der Waals surface area contributed by atoms with Gasteiger partial charge in [-0.1, -0.05) is 12.1 Å². The molecule has 1 saturated heterocycles. The Hall–Kier alpha value is -2.79. The Morgan fingerprint density at radius 3 is 2.41 bits per heavy atom. The van der Waals surface area contributed by atoms with Gasteiger partial charge in [0, 0.05) is 24.0 Å². The van der Waals surface area contributed by atoms with E-state index in [4.69, 9.17) is 14.5 Å². The van der Waals surface area contributed by atoms with Crippen LogP contribution in [0.15, 0.2) is 52.7 Å². The number of rotatable bonds is 6. The normalized spacial score (nSPS) is 15.4. The maximum absolute atomic E-state index is 13.4. The fraction of sp³-hybridized carbons (Fsp3) is 0.348. The first kappa shape index (κ1) is 24.3. The van der Waals surface area contributed by atoms with Gasteiger partial charge in [-0.3, -0.25) is 0 Å². The number of anilines is 1. The molecule has 0 amide bonds. The van der Waals surface area contributed by atoms with Crippen LogP contribution in [-0.4, -0.2) is 46.0 Å². The predicted molar refractivity (Wildman–Crippen MR) is 125 cm³/mol. The van der Waals surface area contributed by atoms with Crippen LogP contribution in [0.4, 0.5) is 18.3 Å². The first-order valence-electron chi connectivity index (χ1n) is 10.5. The first-order chi connectivity index (χ1) is 16.1. The number of alkyl halides is 3. The summed E-state index contributed by atoms with van der Waals surface area (Å²) in [4.78, 5) is 6.00. The van der Waals surface area contributed by atoms with Gasteiger partial charge in [0.15, 0.2) is 15.0 Å². The third-order valence-electron chi connectivity index (χ3n) is 5.82. The average Bonchev–Trinajstić information content (AvgIpc) is 3.33. The molecule has 1 fully saturated rings. The summed E-state index contributed by atoms with van der Waals surface area (Å²) < 4.78 is 77.0. The zero-order valence-corrected chi connectivity index (χ0v) is 20.1. The lowest BCUT2D eigenvalue weighted by Crippen LogP contribution is -2.39. The molecule has 6 nitrogen and oxygen atoms in total. The Balaban J connectivity index is 1.51. The molecule has 1 aliphatic heterocycles. The minimum absolute atomic E-state index is 0.214.